The van der Waals surface area contributed by atoms with E-state index in [1.807, 2.05) is 0 Å². The third-order valence-electron chi connectivity index (χ3n) is 2.85. The molecule has 0 radical (unpaired) electrons. The highest BCUT2D eigenvalue weighted by atomic mass is 19.1. The van der Waals surface area contributed by atoms with Gasteiger partial charge in [-0.25, -0.2) is 4.39 Å². The molecule has 4 N–H and O–H groups in total. The molecule has 1 fully saturated rings. The molecule has 0 aromatic heterocycles. The van der Waals surface area contributed by atoms with Crippen molar-refractivity contribution in [2.45, 2.75) is 18.9 Å². The normalized spacial score (nSPS) is 18.5. The van der Waals surface area contributed by atoms with Gasteiger partial charge in [0.1, 0.15) is 5.82 Å². The summed E-state index contributed by atoms with van der Waals surface area (Å²) in [5.74, 6) is -0.851. The summed E-state index contributed by atoms with van der Waals surface area (Å²) in [6.07, 6.45) is 1.19. The summed E-state index contributed by atoms with van der Waals surface area (Å²) in [6, 6.07) is 3.59. The summed E-state index contributed by atoms with van der Waals surface area (Å²) in [4.78, 5) is 22.8. The smallest absolute Gasteiger partial charge is 0.253 e. The fourth-order valence-corrected chi connectivity index (χ4v) is 1.88. The van der Waals surface area contributed by atoms with Gasteiger partial charge in [-0.15, -0.1) is 0 Å². The number of benzene rings is 1. The minimum Gasteiger partial charge on any atom is -0.398 e. The van der Waals surface area contributed by atoms with Crippen molar-refractivity contribution in [1.82, 2.24) is 10.6 Å². The minimum absolute atomic E-state index is 0.00412. The van der Waals surface area contributed by atoms with Crippen LogP contribution >= 0.6 is 0 Å². The number of carbonyl (C=O) groups excluding carboxylic acids is 2. The van der Waals surface area contributed by atoms with E-state index < -0.39 is 5.82 Å². The summed E-state index contributed by atoms with van der Waals surface area (Å²) < 4.78 is 12.8. The molecule has 5 nitrogen and oxygen atoms in total. The van der Waals surface area contributed by atoms with Gasteiger partial charge in [0.15, 0.2) is 0 Å². The second-order valence-electron chi connectivity index (χ2n) is 4.24. The molecule has 2 amide bonds. The van der Waals surface area contributed by atoms with Gasteiger partial charge in [-0.1, -0.05) is 0 Å². The maximum atomic E-state index is 12.8. The average Bonchev–Trinajstić information content (AvgIpc) is 2.72. The zero-order valence-electron chi connectivity index (χ0n) is 9.70. The number of rotatable bonds is 3. The van der Waals surface area contributed by atoms with Crippen LogP contribution < -0.4 is 16.4 Å². The fraction of sp³-hybridized carbons (Fsp3) is 0.333. The van der Waals surface area contributed by atoms with Gasteiger partial charge in [0, 0.05) is 24.7 Å². The minimum atomic E-state index is -0.480. The number of anilines is 1. The monoisotopic (exact) mass is 251 g/mol. The predicted molar refractivity (Wildman–Crippen MR) is 64.3 cm³/mol. The SMILES string of the molecule is Nc1cc(F)ccc1C(=O)NCC1CCC(=O)N1. The van der Waals surface area contributed by atoms with Crippen LogP contribution in [0.2, 0.25) is 0 Å². The van der Waals surface area contributed by atoms with Crippen molar-refractivity contribution >= 4 is 17.5 Å². The van der Waals surface area contributed by atoms with E-state index in [0.717, 1.165) is 6.07 Å². The Bertz CT molecular complexity index is 490. The zero-order chi connectivity index (χ0) is 13.1. The summed E-state index contributed by atoms with van der Waals surface area (Å²) >= 11 is 0. The van der Waals surface area contributed by atoms with Crippen molar-refractivity contribution in [3.8, 4) is 0 Å². The highest BCUT2D eigenvalue weighted by Crippen LogP contribution is 2.13. The first-order chi connectivity index (χ1) is 8.56. The van der Waals surface area contributed by atoms with Gasteiger partial charge >= 0.3 is 0 Å². The standard InChI is InChI=1S/C12H14FN3O2/c13-7-1-3-9(10(14)5-7)12(18)15-6-8-2-4-11(17)16-8/h1,3,5,8H,2,4,6,14H2,(H,15,18)(H,16,17). The lowest BCUT2D eigenvalue weighted by Crippen LogP contribution is -2.38. The number of halogens is 1. The molecule has 0 saturated carbocycles. The molecule has 1 aliphatic rings. The van der Waals surface area contributed by atoms with Gasteiger partial charge in [0.05, 0.1) is 5.56 Å². The van der Waals surface area contributed by atoms with Crippen LogP contribution in [0.1, 0.15) is 23.2 Å². The third kappa shape index (κ3) is 2.77. The quantitative estimate of drug-likeness (QED) is 0.680. The molecule has 1 aromatic carbocycles. The van der Waals surface area contributed by atoms with E-state index in [1.165, 1.54) is 12.1 Å². The molecule has 1 unspecified atom stereocenters. The predicted octanol–water partition coefficient (Wildman–Crippen LogP) is 0.416. The Morgan fingerprint density at radius 2 is 2.33 bits per heavy atom. The molecule has 1 saturated heterocycles. The molecule has 96 valence electrons. The molecule has 1 aromatic rings. The topological polar surface area (TPSA) is 84.2 Å². The van der Waals surface area contributed by atoms with Gasteiger partial charge in [-0.05, 0) is 24.6 Å². The van der Waals surface area contributed by atoms with E-state index in [-0.39, 0.29) is 29.1 Å². The summed E-state index contributed by atoms with van der Waals surface area (Å²) in [6.45, 7) is 0.349. The number of carbonyl (C=O) groups is 2. The number of amides is 2. The first kappa shape index (κ1) is 12.3. The fourth-order valence-electron chi connectivity index (χ4n) is 1.88. The molecule has 1 atom stereocenters. The average molecular weight is 251 g/mol. The molecular formula is C12H14FN3O2. The van der Waals surface area contributed by atoms with Gasteiger partial charge < -0.3 is 16.4 Å². The van der Waals surface area contributed by atoms with Crippen LogP contribution in [-0.2, 0) is 4.79 Å². The van der Waals surface area contributed by atoms with Crippen LogP contribution in [0.15, 0.2) is 18.2 Å². The van der Waals surface area contributed by atoms with E-state index in [9.17, 15) is 14.0 Å². The summed E-state index contributed by atoms with van der Waals surface area (Å²) in [7, 11) is 0. The van der Waals surface area contributed by atoms with Crippen LogP contribution in [0.3, 0.4) is 0 Å². The summed E-state index contributed by atoms with van der Waals surface area (Å²) in [5, 5.41) is 5.41. The van der Waals surface area contributed by atoms with Crippen LogP contribution in [0.5, 0.6) is 0 Å². The maximum Gasteiger partial charge on any atom is 0.253 e. The Kier molecular flexibility index (Phi) is 3.45. The molecule has 1 aliphatic heterocycles. The lowest BCUT2D eigenvalue weighted by molar-refractivity contribution is -0.119. The number of hydrogen-bond acceptors (Lipinski definition) is 3. The number of nitrogens with two attached hydrogens (primary N) is 1. The highest BCUT2D eigenvalue weighted by molar-refractivity contribution is 5.99. The van der Waals surface area contributed by atoms with Crippen molar-refractivity contribution < 1.29 is 14.0 Å². The first-order valence-corrected chi connectivity index (χ1v) is 5.69. The zero-order valence-corrected chi connectivity index (χ0v) is 9.70. The van der Waals surface area contributed by atoms with Crippen molar-refractivity contribution in [2.24, 2.45) is 0 Å². The largest absolute Gasteiger partial charge is 0.398 e. The van der Waals surface area contributed by atoms with Gasteiger partial charge in [-0.2, -0.15) is 0 Å². The number of nitrogens with one attached hydrogen (secondary N) is 2. The molecule has 0 aliphatic carbocycles. The van der Waals surface area contributed by atoms with E-state index in [2.05, 4.69) is 10.6 Å². The molecule has 2 rings (SSSR count). The second-order valence-corrected chi connectivity index (χ2v) is 4.24. The van der Waals surface area contributed by atoms with Crippen LogP contribution in [-0.4, -0.2) is 24.4 Å². The van der Waals surface area contributed by atoms with Crippen LogP contribution in [0.4, 0.5) is 10.1 Å². The Morgan fingerprint density at radius 1 is 1.56 bits per heavy atom. The first-order valence-electron chi connectivity index (χ1n) is 5.69. The van der Waals surface area contributed by atoms with Crippen LogP contribution in [0.25, 0.3) is 0 Å². The maximum absolute atomic E-state index is 12.8. The molecule has 6 heteroatoms. The second kappa shape index (κ2) is 5.03. The van der Waals surface area contributed by atoms with E-state index >= 15 is 0 Å². The molecule has 18 heavy (non-hydrogen) atoms. The van der Waals surface area contributed by atoms with Crippen molar-refractivity contribution in [3.63, 3.8) is 0 Å². The highest BCUT2D eigenvalue weighted by Gasteiger charge is 2.21. The van der Waals surface area contributed by atoms with Gasteiger partial charge in [-0.3, -0.25) is 9.59 Å². The van der Waals surface area contributed by atoms with Crippen molar-refractivity contribution in [1.29, 1.82) is 0 Å². The van der Waals surface area contributed by atoms with E-state index in [1.54, 1.807) is 0 Å². The Labute approximate surface area is 104 Å². The van der Waals surface area contributed by atoms with Crippen LogP contribution in [0, 0.1) is 5.82 Å². The summed E-state index contributed by atoms with van der Waals surface area (Å²) in [5.41, 5.74) is 5.89. The Balaban J connectivity index is 1.93. The van der Waals surface area contributed by atoms with E-state index in [4.69, 9.17) is 5.73 Å². The Morgan fingerprint density at radius 3 is 2.94 bits per heavy atom. The number of nitrogen functional groups attached to an aromatic ring is 1. The molecular weight excluding hydrogens is 237 g/mol. The molecule has 0 bridgehead atoms. The van der Waals surface area contributed by atoms with E-state index in [0.29, 0.717) is 19.4 Å². The lowest BCUT2D eigenvalue weighted by atomic mass is 10.1. The third-order valence-corrected chi connectivity index (χ3v) is 2.85. The van der Waals surface area contributed by atoms with Gasteiger partial charge in [0.25, 0.3) is 5.91 Å². The van der Waals surface area contributed by atoms with Gasteiger partial charge in [0.2, 0.25) is 5.91 Å². The lowest BCUT2D eigenvalue weighted by Gasteiger charge is -2.12. The van der Waals surface area contributed by atoms with Crippen molar-refractivity contribution in [3.05, 3.63) is 29.6 Å². The Hall–Kier alpha value is -2.11. The molecule has 1 heterocycles. The van der Waals surface area contributed by atoms with Crippen molar-refractivity contribution in [2.75, 3.05) is 12.3 Å². The molecule has 0 spiro atoms. The number of hydrogen-bond donors (Lipinski definition) is 3.